The Hall–Kier alpha value is -2.78. The molecule has 0 fully saturated rings. The molecule has 0 saturated carbocycles. The molecule has 3 heterocycles. The number of aryl methyl sites for hydroxylation is 1. The first kappa shape index (κ1) is 16.7. The van der Waals surface area contributed by atoms with E-state index in [1.54, 1.807) is 18.4 Å². The molecule has 0 aliphatic carbocycles. The van der Waals surface area contributed by atoms with Gasteiger partial charge >= 0.3 is 0 Å². The fraction of sp³-hybridized carbons (Fsp3) is 0.176. The predicted octanol–water partition coefficient (Wildman–Crippen LogP) is 3.99. The van der Waals surface area contributed by atoms with Crippen LogP contribution in [-0.4, -0.2) is 28.2 Å². The molecule has 0 bridgehead atoms. The first-order valence-electron chi connectivity index (χ1n) is 7.80. The number of thiazole rings is 1. The van der Waals surface area contributed by atoms with E-state index in [1.807, 2.05) is 35.0 Å². The first-order valence-corrected chi connectivity index (χ1v) is 9.56. The fourth-order valence-electron chi connectivity index (χ4n) is 2.35. The highest BCUT2D eigenvalue weighted by Crippen LogP contribution is 2.29. The Morgan fingerprint density at radius 3 is 3.04 bits per heavy atom. The summed E-state index contributed by atoms with van der Waals surface area (Å²) in [4.78, 5) is 16.6. The summed E-state index contributed by atoms with van der Waals surface area (Å²) in [5, 5.41) is 15.2. The SMILES string of the molecule is COc1ccc2nc(NC(=O)CCc3nnc(-c4ccsc4)o3)sc2c1. The number of aromatic nitrogens is 3. The highest BCUT2D eigenvalue weighted by molar-refractivity contribution is 7.22. The Balaban J connectivity index is 1.37. The molecule has 0 spiro atoms. The lowest BCUT2D eigenvalue weighted by molar-refractivity contribution is -0.116. The van der Waals surface area contributed by atoms with E-state index >= 15 is 0 Å². The van der Waals surface area contributed by atoms with E-state index in [4.69, 9.17) is 9.15 Å². The van der Waals surface area contributed by atoms with Crippen molar-refractivity contribution < 1.29 is 13.9 Å². The lowest BCUT2D eigenvalue weighted by Gasteiger charge is -1.98. The van der Waals surface area contributed by atoms with Gasteiger partial charge in [0.15, 0.2) is 5.13 Å². The number of hydrogen-bond donors (Lipinski definition) is 1. The van der Waals surface area contributed by atoms with Crippen molar-refractivity contribution in [3.8, 4) is 17.2 Å². The summed E-state index contributed by atoms with van der Waals surface area (Å²) >= 11 is 2.97. The number of rotatable bonds is 6. The minimum absolute atomic E-state index is 0.147. The summed E-state index contributed by atoms with van der Waals surface area (Å²) < 4.78 is 11.7. The standard InChI is InChI=1S/C17H14N4O3S2/c1-23-11-2-3-12-13(8-11)26-17(18-12)19-14(22)4-5-15-20-21-16(24-15)10-6-7-25-9-10/h2-3,6-9H,4-5H2,1H3,(H,18,19,22). The second-order valence-electron chi connectivity index (χ2n) is 5.41. The molecular weight excluding hydrogens is 372 g/mol. The third-order valence-corrected chi connectivity index (χ3v) is 5.26. The summed E-state index contributed by atoms with van der Waals surface area (Å²) in [5.41, 5.74) is 1.71. The molecule has 1 amide bonds. The van der Waals surface area contributed by atoms with E-state index in [-0.39, 0.29) is 12.3 Å². The summed E-state index contributed by atoms with van der Waals surface area (Å²) in [6.07, 6.45) is 0.617. The first-order chi connectivity index (χ1) is 12.7. The van der Waals surface area contributed by atoms with Crippen molar-refractivity contribution in [2.24, 2.45) is 0 Å². The van der Waals surface area contributed by atoms with Gasteiger partial charge in [0.25, 0.3) is 0 Å². The second kappa shape index (κ2) is 7.22. The van der Waals surface area contributed by atoms with Gasteiger partial charge < -0.3 is 14.5 Å². The quantitative estimate of drug-likeness (QED) is 0.539. The molecular formula is C17H14N4O3S2. The number of fused-ring (bicyclic) bond motifs is 1. The number of carbonyl (C=O) groups excluding carboxylic acids is 1. The average molecular weight is 386 g/mol. The molecule has 26 heavy (non-hydrogen) atoms. The molecule has 0 saturated heterocycles. The van der Waals surface area contributed by atoms with E-state index in [0.29, 0.717) is 23.3 Å². The van der Waals surface area contributed by atoms with Gasteiger partial charge in [0.2, 0.25) is 17.7 Å². The number of benzene rings is 1. The Labute approximate surface area is 156 Å². The van der Waals surface area contributed by atoms with Gasteiger partial charge in [-0.25, -0.2) is 4.98 Å². The lowest BCUT2D eigenvalue weighted by atomic mass is 10.3. The highest BCUT2D eigenvalue weighted by Gasteiger charge is 2.12. The van der Waals surface area contributed by atoms with Gasteiger partial charge in [-0.2, -0.15) is 11.3 Å². The number of carbonyl (C=O) groups is 1. The molecule has 7 nitrogen and oxygen atoms in total. The van der Waals surface area contributed by atoms with Crippen molar-refractivity contribution in [1.82, 2.24) is 15.2 Å². The normalized spacial score (nSPS) is 11.0. The molecule has 0 unspecified atom stereocenters. The zero-order chi connectivity index (χ0) is 17.9. The zero-order valence-corrected chi connectivity index (χ0v) is 15.4. The van der Waals surface area contributed by atoms with E-state index in [9.17, 15) is 4.79 Å². The van der Waals surface area contributed by atoms with Gasteiger partial charge in [-0.1, -0.05) is 11.3 Å². The highest BCUT2D eigenvalue weighted by atomic mass is 32.1. The maximum absolute atomic E-state index is 12.2. The predicted molar refractivity (Wildman–Crippen MR) is 101 cm³/mol. The van der Waals surface area contributed by atoms with Gasteiger partial charge in [-0.05, 0) is 29.6 Å². The molecule has 132 valence electrons. The molecule has 0 atom stereocenters. The Bertz CT molecular complexity index is 1040. The molecule has 0 radical (unpaired) electrons. The van der Waals surface area contributed by atoms with Crippen LogP contribution < -0.4 is 10.1 Å². The van der Waals surface area contributed by atoms with E-state index < -0.39 is 0 Å². The van der Waals surface area contributed by atoms with Gasteiger partial charge in [-0.3, -0.25) is 4.79 Å². The number of anilines is 1. The second-order valence-corrected chi connectivity index (χ2v) is 7.22. The Morgan fingerprint density at radius 1 is 1.31 bits per heavy atom. The van der Waals surface area contributed by atoms with Crippen molar-refractivity contribution in [3.05, 3.63) is 40.9 Å². The van der Waals surface area contributed by atoms with Crippen LogP contribution >= 0.6 is 22.7 Å². The minimum atomic E-state index is -0.147. The van der Waals surface area contributed by atoms with Crippen molar-refractivity contribution in [2.45, 2.75) is 12.8 Å². The third-order valence-electron chi connectivity index (χ3n) is 3.64. The lowest BCUT2D eigenvalue weighted by Crippen LogP contribution is -2.12. The van der Waals surface area contributed by atoms with Crippen molar-refractivity contribution in [1.29, 1.82) is 0 Å². The molecule has 1 N–H and O–H groups in total. The number of nitrogens with one attached hydrogen (secondary N) is 1. The molecule has 1 aromatic carbocycles. The number of hydrogen-bond acceptors (Lipinski definition) is 8. The molecule has 0 aliphatic heterocycles. The average Bonchev–Trinajstić information content (AvgIpc) is 3.38. The van der Waals surface area contributed by atoms with Crippen molar-refractivity contribution >= 4 is 43.9 Å². The van der Waals surface area contributed by atoms with Gasteiger partial charge in [0.05, 0.1) is 17.3 Å². The maximum atomic E-state index is 12.2. The van der Waals surface area contributed by atoms with Crippen LogP contribution in [0.3, 0.4) is 0 Å². The summed E-state index contributed by atoms with van der Waals surface area (Å²) in [5.74, 6) is 1.53. The van der Waals surface area contributed by atoms with Crippen LogP contribution in [0.2, 0.25) is 0 Å². The number of ether oxygens (including phenoxy) is 1. The number of nitrogens with zero attached hydrogens (tertiary/aromatic N) is 3. The zero-order valence-electron chi connectivity index (χ0n) is 13.8. The number of thiophene rings is 1. The molecule has 4 aromatic rings. The fourth-order valence-corrected chi connectivity index (χ4v) is 3.89. The van der Waals surface area contributed by atoms with Crippen LogP contribution in [0.15, 0.2) is 39.4 Å². The van der Waals surface area contributed by atoms with Crippen molar-refractivity contribution in [3.63, 3.8) is 0 Å². The molecule has 3 aromatic heterocycles. The van der Waals surface area contributed by atoms with Crippen molar-refractivity contribution in [2.75, 3.05) is 12.4 Å². The van der Waals surface area contributed by atoms with Gasteiger partial charge in [-0.15, -0.1) is 10.2 Å². The topological polar surface area (TPSA) is 90.1 Å². The summed E-state index contributed by atoms with van der Waals surface area (Å²) in [6.45, 7) is 0. The maximum Gasteiger partial charge on any atom is 0.248 e. The Morgan fingerprint density at radius 2 is 2.23 bits per heavy atom. The van der Waals surface area contributed by atoms with E-state index in [2.05, 4.69) is 20.5 Å². The smallest absolute Gasteiger partial charge is 0.248 e. The molecule has 9 heteroatoms. The van der Waals surface area contributed by atoms with Crippen LogP contribution in [0.1, 0.15) is 12.3 Å². The van der Waals surface area contributed by atoms with E-state index in [0.717, 1.165) is 21.5 Å². The molecule has 4 rings (SSSR count). The minimum Gasteiger partial charge on any atom is -0.497 e. The van der Waals surface area contributed by atoms with Gasteiger partial charge in [0, 0.05) is 23.8 Å². The molecule has 0 aliphatic rings. The van der Waals surface area contributed by atoms with Crippen LogP contribution in [0.25, 0.3) is 21.7 Å². The van der Waals surface area contributed by atoms with Crippen LogP contribution in [0.5, 0.6) is 5.75 Å². The number of methoxy groups -OCH3 is 1. The van der Waals surface area contributed by atoms with Gasteiger partial charge in [0.1, 0.15) is 5.75 Å². The largest absolute Gasteiger partial charge is 0.497 e. The monoisotopic (exact) mass is 386 g/mol. The summed E-state index contributed by atoms with van der Waals surface area (Å²) in [6, 6.07) is 7.52. The van der Waals surface area contributed by atoms with Crippen LogP contribution in [0, 0.1) is 0 Å². The Kier molecular flexibility index (Phi) is 4.63. The van der Waals surface area contributed by atoms with Crippen LogP contribution in [0.4, 0.5) is 5.13 Å². The van der Waals surface area contributed by atoms with E-state index in [1.165, 1.54) is 11.3 Å². The number of amides is 1. The summed E-state index contributed by atoms with van der Waals surface area (Å²) in [7, 11) is 1.62. The third kappa shape index (κ3) is 3.58. The van der Waals surface area contributed by atoms with Crippen LogP contribution in [-0.2, 0) is 11.2 Å².